The Morgan fingerprint density at radius 1 is 1.40 bits per heavy atom. The number of rotatable bonds is 2. The summed E-state index contributed by atoms with van der Waals surface area (Å²) in [5, 5.41) is 0. The van der Waals surface area contributed by atoms with Gasteiger partial charge in [0, 0.05) is 5.92 Å². The molecule has 1 aliphatic rings. The Morgan fingerprint density at radius 3 is 2.93 bits per heavy atom. The molecule has 0 aliphatic heterocycles. The number of hydrogen-bond acceptors (Lipinski definition) is 2. The quantitative estimate of drug-likeness (QED) is 0.592. The molecule has 0 bridgehead atoms. The summed E-state index contributed by atoms with van der Waals surface area (Å²) in [6, 6.07) is 6.01. The highest BCUT2D eigenvalue weighted by Crippen LogP contribution is 2.35. The standard InChI is InChI=1S/C13H17NO/c1-15-12-9-5-8-11(13(12)14)10-6-3-2-4-7-10/h3,5-6,8-10H,2,4,7,14H2,1H3. The minimum Gasteiger partial charge on any atom is -0.495 e. The molecule has 1 aromatic carbocycles. The van der Waals surface area contributed by atoms with Crippen molar-refractivity contribution in [1.29, 1.82) is 0 Å². The zero-order valence-electron chi connectivity index (χ0n) is 9.07. The highest BCUT2D eigenvalue weighted by atomic mass is 16.5. The van der Waals surface area contributed by atoms with Gasteiger partial charge in [-0.1, -0.05) is 24.3 Å². The van der Waals surface area contributed by atoms with Crippen molar-refractivity contribution < 1.29 is 4.74 Å². The van der Waals surface area contributed by atoms with Gasteiger partial charge in [0.2, 0.25) is 0 Å². The van der Waals surface area contributed by atoms with Crippen molar-refractivity contribution in [3.8, 4) is 5.75 Å². The Balaban J connectivity index is 2.34. The van der Waals surface area contributed by atoms with Crippen molar-refractivity contribution in [2.75, 3.05) is 12.8 Å². The number of anilines is 1. The number of methoxy groups -OCH3 is 1. The van der Waals surface area contributed by atoms with Crippen molar-refractivity contribution in [2.24, 2.45) is 0 Å². The van der Waals surface area contributed by atoms with Crippen LogP contribution in [-0.2, 0) is 0 Å². The van der Waals surface area contributed by atoms with Crippen LogP contribution in [0.15, 0.2) is 30.4 Å². The largest absolute Gasteiger partial charge is 0.495 e. The third-order valence-electron chi connectivity index (χ3n) is 2.97. The molecule has 0 fully saturated rings. The number of ether oxygens (including phenoxy) is 1. The van der Waals surface area contributed by atoms with Gasteiger partial charge < -0.3 is 10.5 Å². The molecule has 1 atom stereocenters. The lowest BCUT2D eigenvalue weighted by atomic mass is 9.88. The maximum atomic E-state index is 6.07. The van der Waals surface area contributed by atoms with E-state index in [0.29, 0.717) is 5.92 Å². The van der Waals surface area contributed by atoms with Crippen LogP contribution in [0, 0.1) is 0 Å². The lowest BCUT2D eigenvalue weighted by Crippen LogP contribution is -2.04. The summed E-state index contributed by atoms with van der Waals surface area (Å²) in [7, 11) is 1.66. The van der Waals surface area contributed by atoms with Gasteiger partial charge in [0.15, 0.2) is 0 Å². The Bertz CT molecular complexity index is 371. The molecule has 0 spiro atoms. The number of nitrogen functional groups attached to an aromatic ring is 1. The Labute approximate surface area is 90.7 Å². The fourth-order valence-electron chi connectivity index (χ4n) is 2.13. The summed E-state index contributed by atoms with van der Waals surface area (Å²) in [4.78, 5) is 0. The molecule has 15 heavy (non-hydrogen) atoms. The minimum absolute atomic E-state index is 0.467. The third-order valence-corrected chi connectivity index (χ3v) is 2.97. The lowest BCUT2D eigenvalue weighted by Gasteiger charge is -2.19. The number of allylic oxidation sites excluding steroid dienone is 2. The average molecular weight is 203 g/mol. The van der Waals surface area contributed by atoms with E-state index in [4.69, 9.17) is 10.5 Å². The first-order valence-electron chi connectivity index (χ1n) is 5.42. The van der Waals surface area contributed by atoms with Crippen molar-refractivity contribution >= 4 is 5.69 Å². The summed E-state index contributed by atoms with van der Waals surface area (Å²) in [6.07, 6.45) is 8.13. The van der Waals surface area contributed by atoms with Gasteiger partial charge in [0.05, 0.1) is 12.8 Å². The molecule has 2 N–H and O–H groups in total. The van der Waals surface area contributed by atoms with Gasteiger partial charge in [-0.05, 0) is 30.9 Å². The molecular weight excluding hydrogens is 186 g/mol. The number of nitrogens with two attached hydrogens (primary N) is 1. The maximum absolute atomic E-state index is 6.07. The SMILES string of the molecule is COc1cccc(C2C=CCCC2)c1N. The Morgan fingerprint density at radius 2 is 2.27 bits per heavy atom. The van der Waals surface area contributed by atoms with E-state index in [1.807, 2.05) is 12.1 Å². The molecule has 80 valence electrons. The van der Waals surface area contributed by atoms with E-state index >= 15 is 0 Å². The van der Waals surface area contributed by atoms with Crippen LogP contribution in [-0.4, -0.2) is 7.11 Å². The predicted octanol–water partition coefficient (Wildman–Crippen LogP) is 3.10. The first-order chi connectivity index (χ1) is 7.33. The van der Waals surface area contributed by atoms with Gasteiger partial charge in [-0.15, -0.1) is 0 Å². The molecule has 0 aromatic heterocycles. The van der Waals surface area contributed by atoms with E-state index in [9.17, 15) is 0 Å². The van der Waals surface area contributed by atoms with E-state index in [2.05, 4.69) is 18.2 Å². The summed E-state index contributed by atoms with van der Waals surface area (Å²) in [6.45, 7) is 0. The number of para-hydroxylation sites is 1. The van der Waals surface area contributed by atoms with Gasteiger partial charge >= 0.3 is 0 Å². The van der Waals surface area contributed by atoms with E-state index in [-0.39, 0.29) is 0 Å². The highest BCUT2D eigenvalue weighted by Gasteiger charge is 2.15. The molecule has 0 radical (unpaired) electrons. The molecule has 2 heteroatoms. The molecule has 1 aromatic rings. The number of benzene rings is 1. The molecule has 0 saturated carbocycles. The smallest absolute Gasteiger partial charge is 0.142 e. The first-order valence-corrected chi connectivity index (χ1v) is 5.42. The Hall–Kier alpha value is -1.44. The second-order valence-electron chi connectivity index (χ2n) is 3.93. The van der Waals surface area contributed by atoms with Crippen molar-refractivity contribution in [3.05, 3.63) is 35.9 Å². The zero-order valence-corrected chi connectivity index (χ0v) is 9.07. The van der Waals surface area contributed by atoms with E-state index in [1.54, 1.807) is 7.11 Å². The molecule has 2 nitrogen and oxygen atoms in total. The van der Waals surface area contributed by atoms with Crippen LogP contribution in [0.4, 0.5) is 5.69 Å². The monoisotopic (exact) mass is 203 g/mol. The number of hydrogen-bond donors (Lipinski definition) is 1. The normalized spacial score (nSPS) is 20.2. The second-order valence-corrected chi connectivity index (χ2v) is 3.93. The predicted molar refractivity (Wildman–Crippen MR) is 63.1 cm³/mol. The van der Waals surface area contributed by atoms with Crippen LogP contribution in [0.1, 0.15) is 30.7 Å². The third kappa shape index (κ3) is 1.99. The summed E-state index contributed by atoms with van der Waals surface area (Å²) < 4.78 is 5.23. The first kappa shape index (κ1) is 10.1. The molecule has 0 amide bonds. The fraction of sp³-hybridized carbons (Fsp3) is 0.385. The van der Waals surface area contributed by atoms with Gasteiger partial charge in [0.1, 0.15) is 5.75 Å². The summed E-state index contributed by atoms with van der Waals surface area (Å²) in [5.74, 6) is 1.25. The molecule has 0 heterocycles. The molecule has 2 rings (SSSR count). The topological polar surface area (TPSA) is 35.2 Å². The molecule has 0 saturated heterocycles. The van der Waals surface area contributed by atoms with Crippen LogP contribution < -0.4 is 10.5 Å². The fourth-order valence-corrected chi connectivity index (χ4v) is 2.13. The van der Waals surface area contributed by atoms with Gasteiger partial charge in [-0.25, -0.2) is 0 Å². The highest BCUT2D eigenvalue weighted by molar-refractivity contribution is 5.60. The maximum Gasteiger partial charge on any atom is 0.142 e. The van der Waals surface area contributed by atoms with E-state index in [1.165, 1.54) is 24.8 Å². The second kappa shape index (κ2) is 4.39. The van der Waals surface area contributed by atoms with Gasteiger partial charge in [-0.2, -0.15) is 0 Å². The van der Waals surface area contributed by atoms with E-state index in [0.717, 1.165) is 11.4 Å². The summed E-state index contributed by atoms with van der Waals surface area (Å²) >= 11 is 0. The Kier molecular flexibility index (Phi) is 2.95. The van der Waals surface area contributed by atoms with Crippen LogP contribution in [0.25, 0.3) is 0 Å². The lowest BCUT2D eigenvalue weighted by molar-refractivity contribution is 0.416. The summed E-state index contributed by atoms with van der Waals surface area (Å²) in [5.41, 5.74) is 8.05. The minimum atomic E-state index is 0.467. The van der Waals surface area contributed by atoms with Gasteiger partial charge in [0.25, 0.3) is 0 Å². The van der Waals surface area contributed by atoms with Crippen LogP contribution >= 0.6 is 0 Å². The van der Waals surface area contributed by atoms with E-state index < -0.39 is 0 Å². The van der Waals surface area contributed by atoms with Gasteiger partial charge in [-0.3, -0.25) is 0 Å². The molecule has 1 unspecified atom stereocenters. The zero-order chi connectivity index (χ0) is 10.7. The molecule has 1 aliphatic carbocycles. The van der Waals surface area contributed by atoms with Crippen LogP contribution in [0.2, 0.25) is 0 Å². The average Bonchev–Trinajstić information content (AvgIpc) is 2.30. The van der Waals surface area contributed by atoms with Crippen LogP contribution in [0.5, 0.6) is 5.75 Å². The van der Waals surface area contributed by atoms with Crippen LogP contribution in [0.3, 0.4) is 0 Å². The van der Waals surface area contributed by atoms with Crippen molar-refractivity contribution in [2.45, 2.75) is 25.2 Å². The van der Waals surface area contributed by atoms with Crippen molar-refractivity contribution in [3.63, 3.8) is 0 Å². The molecular formula is C13H17NO. The van der Waals surface area contributed by atoms with Crippen molar-refractivity contribution in [1.82, 2.24) is 0 Å².